The molecule has 6 nitrogen and oxygen atoms in total. The van der Waals surface area contributed by atoms with Gasteiger partial charge < -0.3 is 4.57 Å². The van der Waals surface area contributed by atoms with Crippen LogP contribution in [0.1, 0.15) is 0 Å². The Morgan fingerprint density at radius 1 is 0.262 bits per heavy atom. The lowest BCUT2D eigenvalue weighted by molar-refractivity contribution is 1.07. The Hall–Kier alpha value is -8.87. The number of aromatic nitrogens is 6. The molecule has 0 saturated carbocycles. The van der Waals surface area contributed by atoms with E-state index in [1.54, 1.807) is 0 Å². The van der Waals surface area contributed by atoms with Crippen LogP contribution in [0.15, 0.2) is 231 Å². The van der Waals surface area contributed by atoms with Crippen molar-refractivity contribution in [3.8, 4) is 84.9 Å². The third kappa shape index (κ3) is 7.09. The van der Waals surface area contributed by atoms with Crippen molar-refractivity contribution >= 4 is 32.6 Å². The summed E-state index contributed by atoms with van der Waals surface area (Å²) >= 11 is 0. The molecule has 6 heteroatoms. The fourth-order valence-electron chi connectivity index (χ4n) is 8.88. The lowest BCUT2D eigenvalue weighted by Gasteiger charge is -2.12. The van der Waals surface area contributed by atoms with Gasteiger partial charge in [0, 0.05) is 55.2 Å². The zero-order valence-corrected chi connectivity index (χ0v) is 35.1. The number of benzene rings is 9. The van der Waals surface area contributed by atoms with Gasteiger partial charge in [0.15, 0.2) is 23.3 Å². The lowest BCUT2D eigenvalue weighted by atomic mass is 9.99. The van der Waals surface area contributed by atoms with Gasteiger partial charge in [0.1, 0.15) is 0 Å². The Morgan fingerprint density at radius 2 is 0.738 bits per heavy atom. The second-order valence-corrected chi connectivity index (χ2v) is 16.1. The van der Waals surface area contributed by atoms with Crippen molar-refractivity contribution in [1.29, 1.82) is 0 Å². The molecule has 0 bridgehead atoms. The summed E-state index contributed by atoms with van der Waals surface area (Å²) in [5.41, 5.74) is 12.9. The Balaban J connectivity index is 0.975. The molecule has 12 rings (SSSR count). The summed E-state index contributed by atoms with van der Waals surface area (Å²) in [6.07, 6.45) is 0. The monoisotopic (exact) mass is 830 g/mol. The number of hydrogen-bond donors (Lipinski definition) is 0. The van der Waals surface area contributed by atoms with Crippen LogP contribution in [-0.4, -0.2) is 29.5 Å². The molecule has 0 aliphatic carbocycles. The van der Waals surface area contributed by atoms with Crippen molar-refractivity contribution in [2.24, 2.45) is 0 Å². The second kappa shape index (κ2) is 16.1. The summed E-state index contributed by atoms with van der Waals surface area (Å²) in [6.45, 7) is 0. The van der Waals surface area contributed by atoms with Crippen molar-refractivity contribution in [3.63, 3.8) is 0 Å². The maximum absolute atomic E-state index is 5.23. The predicted octanol–water partition coefficient (Wildman–Crippen LogP) is 14.6. The Kier molecular flexibility index (Phi) is 9.38. The van der Waals surface area contributed by atoms with Gasteiger partial charge in [0.2, 0.25) is 0 Å². The molecular weight excluding hydrogens is 793 g/mol. The molecule has 0 unspecified atom stereocenters. The first-order valence-electron chi connectivity index (χ1n) is 21.7. The quantitative estimate of drug-likeness (QED) is 0.153. The highest BCUT2D eigenvalue weighted by molar-refractivity contribution is 6.19. The number of nitrogens with zero attached hydrogens (tertiary/aromatic N) is 6. The molecule has 65 heavy (non-hydrogen) atoms. The molecule has 0 atom stereocenters. The molecule has 9 aromatic carbocycles. The molecule has 0 N–H and O–H groups in total. The van der Waals surface area contributed by atoms with Gasteiger partial charge >= 0.3 is 0 Å². The fraction of sp³-hybridized carbons (Fsp3) is 0. The lowest BCUT2D eigenvalue weighted by Crippen LogP contribution is -2.00. The summed E-state index contributed by atoms with van der Waals surface area (Å²) in [7, 11) is 0. The molecule has 0 radical (unpaired) electrons. The van der Waals surface area contributed by atoms with E-state index in [9.17, 15) is 0 Å². The first kappa shape index (κ1) is 37.9. The topological polar surface area (TPSA) is 69.4 Å². The van der Waals surface area contributed by atoms with Crippen molar-refractivity contribution in [1.82, 2.24) is 29.5 Å². The minimum atomic E-state index is 0.598. The third-order valence-electron chi connectivity index (χ3n) is 12.0. The third-order valence-corrected chi connectivity index (χ3v) is 12.0. The molecule has 0 aliphatic heterocycles. The van der Waals surface area contributed by atoms with Crippen LogP contribution in [0.2, 0.25) is 0 Å². The van der Waals surface area contributed by atoms with E-state index in [1.807, 2.05) is 66.7 Å². The summed E-state index contributed by atoms with van der Waals surface area (Å²) in [4.78, 5) is 25.6. The van der Waals surface area contributed by atoms with E-state index in [0.717, 1.165) is 72.5 Å². The minimum absolute atomic E-state index is 0.598. The molecule has 0 saturated heterocycles. The van der Waals surface area contributed by atoms with Gasteiger partial charge in [-0.1, -0.05) is 182 Å². The Labute approximate surface area is 375 Å². The smallest absolute Gasteiger partial charge is 0.164 e. The van der Waals surface area contributed by atoms with E-state index in [2.05, 4.69) is 168 Å². The molecule has 3 aromatic heterocycles. The first-order valence-corrected chi connectivity index (χ1v) is 21.7. The average Bonchev–Trinajstić information content (AvgIpc) is 3.74. The van der Waals surface area contributed by atoms with Crippen molar-refractivity contribution < 1.29 is 0 Å². The van der Waals surface area contributed by atoms with Crippen LogP contribution in [0.3, 0.4) is 0 Å². The summed E-state index contributed by atoms with van der Waals surface area (Å²) in [6, 6.07) is 79.9. The molecule has 0 amide bonds. The normalized spacial score (nSPS) is 11.4. The van der Waals surface area contributed by atoms with Crippen LogP contribution in [-0.2, 0) is 0 Å². The van der Waals surface area contributed by atoms with Gasteiger partial charge in [-0.2, -0.15) is 0 Å². The summed E-state index contributed by atoms with van der Waals surface area (Å²) in [5, 5.41) is 4.71. The van der Waals surface area contributed by atoms with Gasteiger partial charge in [-0.25, -0.2) is 24.9 Å². The minimum Gasteiger partial charge on any atom is -0.309 e. The van der Waals surface area contributed by atoms with Crippen LogP contribution < -0.4 is 0 Å². The second-order valence-electron chi connectivity index (χ2n) is 16.1. The largest absolute Gasteiger partial charge is 0.309 e. The van der Waals surface area contributed by atoms with Gasteiger partial charge in [-0.3, -0.25) is 0 Å². The zero-order valence-electron chi connectivity index (χ0n) is 35.1. The maximum Gasteiger partial charge on any atom is 0.164 e. The fourth-order valence-corrected chi connectivity index (χ4v) is 8.88. The van der Waals surface area contributed by atoms with E-state index >= 15 is 0 Å². The predicted molar refractivity (Wildman–Crippen MR) is 265 cm³/mol. The molecule has 0 fully saturated rings. The maximum atomic E-state index is 5.23. The summed E-state index contributed by atoms with van der Waals surface area (Å²) in [5.74, 6) is 2.50. The van der Waals surface area contributed by atoms with Gasteiger partial charge in [0.25, 0.3) is 0 Å². The first-order chi connectivity index (χ1) is 32.2. The van der Waals surface area contributed by atoms with Crippen molar-refractivity contribution in [3.05, 3.63) is 231 Å². The standard InChI is InChI=1S/C59H38N6/c1-5-18-40(19-6-1)52-38-53(61-56(60-52)41-20-7-2-8-21-41)45-26-15-24-43(35-45)44-25-16-27-46(36-44)58-62-57(42-22-9-3-10-23-42)63-59(64-58)47-32-34-54-51(37-47)50-33-31-39-17-13-14-30-49(39)55(50)65(54)48-28-11-4-12-29-48/h1-38H. The van der Waals surface area contributed by atoms with E-state index < -0.39 is 0 Å². The highest BCUT2D eigenvalue weighted by Crippen LogP contribution is 2.39. The van der Waals surface area contributed by atoms with Crippen LogP contribution in [0, 0.1) is 0 Å². The molecular formula is C59H38N6. The average molecular weight is 831 g/mol. The number of para-hydroxylation sites is 1. The van der Waals surface area contributed by atoms with Gasteiger partial charge in [-0.15, -0.1) is 0 Å². The molecule has 0 spiro atoms. The van der Waals surface area contributed by atoms with Crippen LogP contribution in [0.4, 0.5) is 0 Å². The van der Waals surface area contributed by atoms with Crippen molar-refractivity contribution in [2.45, 2.75) is 0 Å². The van der Waals surface area contributed by atoms with Gasteiger partial charge in [0.05, 0.1) is 22.4 Å². The molecule has 12 aromatic rings. The van der Waals surface area contributed by atoms with E-state index in [0.29, 0.717) is 23.3 Å². The van der Waals surface area contributed by atoms with Crippen LogP contribution in [0.5, 0.6) is 0 Å². The zero-order chi connectivity index (χ0) is 43.1. The van der Waals surface area contributed by atoms with Gasteiger partial charge in [-0.05, 0) is 65.0 Å². The molecule has 304 valence electrons. The molecule has 3 heterocycles. The van der Waals surface area contributed by atoms with Crippen LogP contribution >= 0.6 is 0 Å². The Bertz CT molecular complexity index is 3640. The van der Waals surface area contributed by atoms with E-state index in [-0.39, 0.29) is 0 Å². The SMILES string of the molecule is c1ccc(-c2cc(-c3cccc(-c4cccc(-c5nc(-c6ccccc6)nc(-c6ccc7c(c6)c6ccc8ccccc8c6n7-c6ccccc6)n5)c4)c3)nc(-c3ccccc3)n2)cc1. The van der Waals surface area contributed by atoms with E-state index in [4.69, 9.17) is 24.9 Å². The highest BCUT2D eigenvalue weighted by atomic mass is 15.0. The summed E-state index contributed by atoms with van der Waals surface area (Å²) < 4.78 is 2.38. The number of fused-ring (bicyclic) bond motifs is 5. The molecule has 0 aliphatic rings. The number of rotatable bonds is 8. The Morgan fingerprint density at radius 3 is 1.40 bits per heavy atom. The number of hydrogen-bond acceptors (Lipinski definition) is 5. The highest BCUT2D eigenvalue weighted by Gasteiger charge is 2.19. The van der Waals surface area contributed by atoms with Crippen molar-refractivity contribution in [2.75, 3.05) is 0 Å². The van der Waals surface area contributed by atoms with Crippen LogP contribution in [0.25, 0.3) is 117 Å². The van der Waals surface area contributed by atoms with E-state index in [1.165, 1.54) is 21.7 Å².